The highest BCUT2D eigenvalue weighted by atomic mass is 16.5. The molecule has 2 fully saturated rings. The van der Waals surface area contributed by atoms with Crippen LogP contribution in [0.3, 0.4) is 0 Å². The maximum Gasteiger partial charge on any atom is 0.223 e. The smallest absolute Gasteiger partial charge is 0.223 e. The maximum atomic E-state index is 12.3. The molecule has 2 atom stereocenters. The van der Waals surface area contributed by atoms with E-state index in [1.807, 2.05) is 38.1 Å². The van der Waals surface area contributed by atoms with Gasteiger partial charge in [-0.05, 0) is 69.3 Å². The van der Waals surface area contributed by atoms with E-state index in [4.69, 9.17) is 4.74 Å². The first-order valence-corrected chi connectivity index (χ1v) is 8.93. The van der Waals surface area contributed by atoms with Crippen LogP contribution < -0.4 is 15.4 Å². The Bertz CT molecular complexity index is 564. The summed E-state index contributed by atoms with van der Waals surface area (Å²) in [6, 6.07) is 7.40. The Labute approximate surface area is 143 Å². The highest BCUT2D eigenvalue weighted by Crippen LogP contribution is 2.58. The van der Waals surface area contributed by atoms with E-state index < -0.39 is 6.10 Å². The minimum absolute atomic E-state index is 0.0933. The summed E-state index contributed by atoms with van der Waals surface area (Å²) >= 11 is 0. The van der Waals surface area contributed by atoms with Gasteiger partial charge in [0, 0.05) is 12.5 Å². The first-order valence-electron chi connectivity index (χ1n) is 8.93. The minimum atomic E-state index is -0.690. The van der Waals surface area contributed by atoms with Crippen LogP contribution in [0.4, 0.5) is 0 Å². The van der Waals surface area contributed by atoms with Crippen molar-refractivity contribution in [3.63, 3.8) is 0 Å². The van der Waals surface area contributed by atoms with Gasteiger partial charge in [-0.25, -0.2) is 0 Å². The zero-order valence-corrected chi connectivity index (χ0v) is 14.5. The van der Waals surface area contributed by atoms with Gasteiger partial charge in [0.1, 0.15) is 5.75 Å². The summed E-state index contributed by atoms with van der Waals surface area (Å²) in [4.78, 5) is 12.3. The number of nitrogens with one attached hydrogen (secondary N) is 2. The summed E-state index contributed by atoms with van der Waals surface area (Å²) in [5, 5.41) is 16.5. The van der Waals surface area contributed by atoms with Gasteiger partial charge in [0.2, 0.25) is 5.91 Å². The van der Waals surface area contributed by atoms with Gasteiger partial charge in [-0.2, -0.15) is 0 Å². The molecular formula is C19H28N2O3. The number of carbonyl (C=O) groups excluding carboxylic acids is 1. The Hall–Kier alpha value is -1.59. The van der Waals surface area contributed by atoms with E-state index in [0.29, 0.717) is 0 Å². The zero-order valence-electron chi connectivity index (χ0n) is 14.5. The van der Waals surface area contributed by atoms with E-state index in [1.54, 1.807) is 0 Å². The molecule has 2 aliphatic rings. The van der Waals surface area contributed by atoms with Crippen molar-refractivity contribution >= 4 is 5.91 Å². The van der Waals surface area contributed by atoms with Crippen molar-refractivity contribution in [2.75, 3.05) is 19.6 Å². The van der Waals surface area contributed by atoms with Gasteiger partial charge in [0.05, 0.1) is 12.2 Å². The third kappa shape index (κ3) is 3.90. The highest BCUT2D eigenvalue weighted by molar-refractivity contribution is 5.82. The fourth-order valence-corrected chi connectivity index (χ4v) is 3.67. The van der Waals surface area contributed by atoms with Crippen LogP contribution in [0, 0.1) is 11.3 Å². The quantitative estimate of drug-likeness (QED) is 0.745. The number of hydrogen-bond donors (Lipinski definition) is 3. The molecule has 0 aromatic heterocycles. The number of aliphatic hydroxyl groups excluding tert-OH is 1. The molecule has 24 heavy (non-hydrogen) atoms. The van der Waals surface area contributed by atoms with Gasteiger partial charge in [-0.15, -0.1) is 0 Å². The molecule has 1 amide bonds. The predicted octanol–water partition coefficient (Wildman–Crippen LogP) is 2.01. The van der Waals surface area contributed by atoms with E-state index in [0.717, 1.165) is 43.7 Å². The summed E-state index contributed by atoms with van der Waals surface area (Å²) in [6.45, 7) is 6.24. The summed E-state index contributed by atoms with van der Waals surface area (Å²) in [5.41, 5.74) is 1.02. The molecule has 1 saturated heterocycles. The molecule has 132 valence electrons. The third-order valence-electron chi connectivity index (χ3n) is 5.21. The van der Waals surface area contributed by atoms with Crippen LogP contribution in [0.15, 0.2) is 24.3 Å². The lowest BCUT2D eigenvalue weighted by molar-refractivity contribution is -0.123. The fourth-order valence-electron chi connectivity index (χ4n) is 3.67. The largest absolute Gasteiger partial charge is 0.491 e. The topological polar surface area (TPSA) is 70.6 Å². The number of benzene rings is 1. The number of carbonyl (C=O) groups is 1. The fraction of sp³-hybridized carbons (Fsp3) is 0.632. The van der Waals surface area contributed by atoms with Crippen LogP contribution >= 0.6 is 0 Å². The van der Waals surface area contributed by atoms with Gasteiger partial charge < -0.3 is 20.5 Å². The number of ether oxygens (including phenoxy) is 1. The molecule has 0 bridgehead atoms. The average molecular weight is 332 g/mol. The molecule has 1 aliphatic heterocycles. The van der Waals surface area contributed by atoms with Crippen LogP contribution in [-0.2, 0) is 4.79 Å². The number of hydrogen-bond acceptors (Lipinski definition) is 4. The van der Waals surface area contributed by atoms with Crippen molar-refractivity contribution in [1.82, 2.24) is 10.6 Å². The van der Waals surface area contributed by atoms with E-state index in [2.05, 4.69) is 10.6 Å². The van der Waals surface area contributed by atoms with Gasteiger partial charge in [-0.1, -0.05) is 12.1 Å². The monoisotopic (exact) mass is 332 g/mol. The van der Waals surface area contributed by atoms with Crippen molar-refractivity contribution in [3.8, 4) is 5.75 Å². The lowest BCUT2D eigenvalue weighted by Gasteiger charge is -2.23. The minimum Gasteiger partial charge on any atom is -0.491 e. The van der Waals surface area contributed by atoms with E-state index in [1.165, 1.54) is 0 Å². The molecule has 3 N–H and O–H groups in total. The van der Waals surface area contributed by atoms with Gasteiger partial charge in [0.15, 0.2) is 0 Å². The second-order valence-electron chi connectivity index (χ2n) is 7.37. The summed E-state index contributed by atoms with van der Waals surface area (Å²) < 4.78 is 5.59. The normalized spacial score (nSPS) is 23.1. The Morgan fingerprint density at radius 3 is 2.62 bits per heavy atom. The molecule has 1 aromatic carbocycles. The second-order valence-corrected chi connectivity index (χ2v) is 7.37. The zero-order chi connectivity index (χ0) is 17.2. The van der Waals surface area contributed by atoms with Crippen LogP contribution in [0.2, 0.25) is 0 Å². The van der Waals surface area contributed by atoms with E-state index in [9.17, 15) is 9.90 Å². The second kappa shape index (κ2) is 7.11. The summed E-state index contributed by atoms with van der Waals surface area (Å²) in [6.07, 6.45) is 2.61. The molecule has 1 spiro atoms. The van der Waals surface area contributed by atoms with Gasteiger partial charge in [-0.3, -0.25) is 4.79 Å². The Balaban J connectivity index is 1.47. The molecule has 1 aliphatic carbocycles. The maximum absolute atomic E-state index is 12.3. The van der Waals surface area contributed by atoms with Gasteiger partial charge >= 0.3 is 0 Å². The number of amides is 1. The van der Waals surface area contributed by atoms with Crippen molar-refractivity contribution < 1.29 is 14.6 Å². The number of piperidine rings is 1. The van der Waals surface area contributed by atoms with E-state index in [-0.39, 0.29) is 29.9 Å². The molecule has 1 aromatic rings. The summed E-state index contributed by atoms with van der Waals surface area (Å²) in [5.74, 6) is 1.01. The highest BCUT2D eigenvalue weighted by Gasteiger charge is 2.57. The van der Waals surface area contributed by atoms with Gasteiger partial charge in [0.25, 0.3) is 0 Å². The molecule has 5 nitrogen and oxygen atoms in total. The van der Waals surface area contributed by atoms with Crippen molar-refractivity contribution in [2.24, 2.45) is 11.3 Å². The summed E-state index contributed by atoms with van der Waals surface area (Å²) in [7, 11) is 0. The Morgan fingerprint density at radius 1 is 1.33 bits per heavy atom. The van der Waals surface area contributed by atoms with Crippen LogP contribution in [0.1, 0.15) is 44.8 Å². The van der Waals surface area contributed by atoms with Crippen molar-refractivity contribution in [2.45, 2.75) is 45.3 Å². The molecule has 1 heterocycles. The van der Waals surface area contributed by atoms with Crippen LogP contribution in [0.25, 0.3) is 0 Å². The molecule has 2 unspecified atom stereocenters. The standard InChI is InChI=1S/C19H28N2O3/c1-13(2)24-15-5-3-14(4-6-15)17(22)12-21-18(23)16-11-19(16)7-9-20-10-8-19/h3-6,13,16-17,20,22H,7-12H2,1-2H3,(H,21,23). The Kier molecular flexibility index (Phi) is 5.11. The first kappa shape index (κ1) is 17.2. The average Bonchev–Trinajstić information content (AvgIpc) is 3.26. The molecule has 5 heteroatoms. The molecule has 3 rings (SSSR count). The molecular weight excluding hydrogens is 304 g/mol. The van der Waals surface area contributed by atoms with Crippen molar-refractivity contribution in [3.05, 3.63) is 29.8 Å². The Morgan fingerprint density at radius 2 is 2.00 bits per heavy atom. The van der Waals surface area contributed by atoms with Crippen LogP contribution in [0.5, 0.6) is 5.75 Å². The third-order valence-corrected chi connectivity index (χ3v) is 5.21. The molecule has 1 saturated carbocycles. The first-order chi connectivity index (χ1) is 11.5. The lowest BCUT2D eigenvalue weighted by atomic mass is 9.92. The predicted molar refractivity (Wildman–Crippen MR) is 92.8 cm³/mol. The lowest BCUT2D eigenvalue weighted by Crippen LogP contribution is -2.35. The molecule has 0 radical (unpaired) electrons. The van der Waals surface area contributed by atoms with E-state index >= 15 is 0 Å². The SMILES string of the molecule is CC(C)Oc1ccc(C(O)CNC(=O)C2CC23CCNCC3)cc1. The van der Waals surface area contributed by atoms with Crippen LogP contribution in [-0.4, -0.2) is 36.8 Å². The van der Waals surface area contributed by atoms with Crippen molar-refractivity contribution in [1.29, 1.82) is 0 Å². The number of aliphatic hydroxyl groups is 1. The number of rotatable bonds is 6.